The molecular formula is C9H10N2O4. The molecule has 0 atom stereocenters. The molecule has 0 heterocycles. The van der Waals surface area contributed by atoms with Gasteiger partial charge in [-0.25, -0.2) is 4.79 Å². The minimum Gasteiger partial charge on any atom is -0.410 e. The van der Waals surface area contributed by atoms with Crippen molar-refractivity contribution in [1.82, 2.24) is 5.32 Å². The van der Waals surface area contributed by atoms with E-state index >= 15 is 0 Å². The predicted octanol–water partition coefficient (Wildman–Crippen LogP) is 1.70. The molecule has 0 saturated carbocycles. The summed E-state index contributed by atoms with van der Waals surface area (Å²) in [5, 5.41) is 12.8. The van der Waals surface area contributed by atoms with Crippen LogP contribution >= 0.6 is 0 Å². The van der Waals surface area contributed by atoms with Gasteiger partial charge in [0.05, 0.1) is 11.0 Å². The van der Waals surface area contributed by atoms with E-state index in [1.54, 1.807) is 6.92 Å². The highest BCUT2D eigenvalue weighted by atomic mass is 16.6. The lowest BCUT2D eigenvalue weighted by Gasteiger charge is -2.03. The van der Waals surface area contributed by atoms with Crippen molar-refractivity contribution < 1.29 is 14.5 Å². The van der Waals surface area contributed by atoms with Crippen molar-refractivity contribution in [2.24, 2.45) is 0 Å². The van der Waals surface area contributed by atoms with Crippen molar-refractivity contribution in [3.8, 4) is 5.75 Å². The molecule has 0 aliphatic heterocycles. The molecule has 0 bridgehead atoms. The number of carbonyl (C=O) groups is 1. The third-order valence-corrected chi connectivity index (χ3v) is 1.56. The molecule has 0 aliphatic carbocycles. The number of carbonyl (C=O) groups excluding carboxylic acids is 1. The van der Waals surface area contributed by atoms with Gasteiger partial charge in [0.2, 0.25) is 0 Å². The Bertz CT molecular complexity index is 378. The topological polar surface area (TPSA) is 81.5 Å². The van der Waals surface area contributed by atoms with Crippen molar-refractivity contribution in [3.05, 3.63) is 34.4 Å². The Morgan fingerprint density at radius 1 is 1.60 bits per heavy atom. The number of nitrogens with one attached hydrogen (secondary N) is 1. The summed E-state index contributed by atoms with van der Waals surface area (Å²) in [4.78, 5) is 20.9. The molecule has 0 radical (unpaired) electrons. The number of ether oxygens (including phenoxy) is 1. The van der Waals surface area contributed by atoms with Gasteiger partial charge < -0.3 is 10.1 Å². The van der Waals surface area contributed by atoms with Crippen LogP contribution in [0.1, 0.15) is 6.92 Å². The Kier molecular flexibility index (Phi) is 3.61. The van der Waals surface area contributed by atoms with E-state index in [1.807, 2.05) is 0 Å². The summed E-state index contributed by atoms with van der Waals surface area (Å²) >= 11 is 0. The first-order valence-electron chi connectivity index (χ1n) is 4.33. The normalized spacial score (nSPS) is 9.40. The highest BCUT2D eigenvalue weighted by molar-refractivity contribution is 5.70. The van der Waals surface area contributed by atoms with Crippen LogP contribution in [0.15, 0.2) is 24.3 Å². The molecule has 1 rings (SSSR count). The average Bonchev–Trinajstić information content (AvgIpc) is 2.18. The van der Waals surface area contributed by atoms with Gasteiger partial charge >= 0.3 is 6.09 Å². The molecule has 0 aliphatic rings. The number of nitrogens with zero attached hydrogens (tertiary/aromatic N) is 1. The third kappa shape index (κ3) is 3.26. The lowest BCUT2D eigenvalue weighted by Crippen LogP contribution is -2.26. The molecule has 0 saturated heterocycles. The summed E-state index contributed by atoms with van der Waals surface area (Å²) in [6.45, 7) is 2.18. The number of amides is 1. The van der Waals surface area contributed by atoms with Crippen molar-refractivity contribution in [2.45, 2.75) is 6.92 Å². The maximum atomic E-state index is 11.0. The van der Waals surface area contributed by atoms with Gasteiger partial charge in [0, 0.05) is 12.6 Å². The van der Waals surface area contributed by atoms with Crippen molar-refractivity contribution >= 4 is 11.8 Å². The van der Waals surface area contributed by atoms with Crippen LogP contribution in [0.25, 0.3) is 0 Å². The first-order valence-corrected chi connectivity index (χ1v) is 4.33. The second kappa shape index (κ2) is 4.94. The Balaban J connectivity index is 2.73. The largest absolute Gasteiger partial charge is 0.412 e. The van der Waals surface area contributed by atoms with Crippen LogP contribution < -0.4 is 10.1 Å². The molecule has 80 valence electrons. The maximum Gasteiger partial charge on any atom is 0.412 e. The third-order valence-electron chi connectivity index (χ3n) is 1.56. The zero-order valence-electron chi connectivity index (χ0n) is 8.10. The van der Waals surface area contributed by atoms with E-state index < -0.39 is 11.0 Å². The van der Waals surface area contributed by atoms with Crippen LogP contribution in [0.2, 0.25) is 0 Å². The Morgan fingerprint density at radius 2 is 2.33 bits per heavy atom. The SMILES string of the molecule is CCNC(=O)Oc1cccc([N+](=O)[O-])c1. The maximum absolute atomic E-state index is 11.0. The van der Waals surface area contributed by atoms with Crippen LogP contribution in [0.3, 0.4) is 0 Å². The van der Waals surface area contributed by atoms with E-state index in [1.165, 1.54) is 24.3 Å². The fourth-order valence-corrected chi connectivity index (χ4v) is 0.948. The number of hydrogen-bond acceptors (Lipinski definition) is 4. The van der Waals surface area contributed by atoms with Gasteiger partial charge in [-0.1, -0.05) is 6.07 Å². The van der Waals surface area contributed by atoms with E-state index in [4.69, 9.17) is 4.74 Å². The number of non-ortho nitro benzene ring substituents is 1. The molecule has 6 nitrogen and oxygen atoms in total. The summed E-state index contributed by atoms with van der Waals surface area (Å²) < 4.78 is 4.79. The zero-order chi connectivity index (χ0) is 11.3. The first kappa shape index (κ1) is 11.0. The number of rotatable bonds is 3. The van der Waals surface area contributed by atoms with Gasteiger partial charge in [-0.3, -0.25) is 10.1 Å². The highest BCUT2D eigenvalue weighted by Gasteiger charge is 2.08. The minimum atomic E-state index is -0.627. The van der Waals surface area contributed by atoms with Crippen molar-refractivity contribution in [3.63, 3.8) is 0 Å². The summed E-state index contributed by atoms with van der Waals surface area (Å²) in [6, 6.07) is 5.44. The smallest absolute Gasteiger partial charge is 0.410 e. The van der Waals surface area contributed by atoms with Gasteiger partial charge in [0.25, 0.3) is 5.69 Å². The summed E-state index contributed by atoms with van der Waals surface area (Å²) in [5.41, 5.74) is -0.114. The van der Waals surface area contributed by atoms with Crippen LogP contribution in [-0.4, -0.2) is 17.6 Å². The van der Waals surface area contributed by atoms with Crippen LogP contribution in [0.4, 0.5) is 10.5 Å². The van der Waals surface area contributed by atoms with E-state index in [9.17, 15) is 14.9 Å². The first-order chi connectivity index (χ1) is 7.13. The monoisotopic (exact) mass is 210 g/mol. The standard InChI is InChI=1S/C9H10N2O4/c1-2-10-9(12)15-8-5-3-4-7(6-8)11(13)14/h3-6H,2H2,1H3,(H,10,12). The number of nitro benzene ring substituents is 1. The quantitative estimate of drug-likeness (QED) is 0.608. The summed E-state index contributed by atoms with van der Waals surface area (Å²) in [6.07, 6.45) is -0.627. The number of hydrogen-bond donors (Lipinski definition) is 1. The number of benzene rings is 1. The highest BCUT2D eigenvalue weighted by Crippen LogP contribution is 2.18. The molecular weight excluding hydrogens is 200 g/mol. The van der Waals surface area contributed by atoms with Crippen LogP contribution in [0, 0.1) is 10.1 Å². The van der Waals surface area contributed by atoms with Gasteiger partial charge in [-0.05, 0) is 13.0 Å². The second-order valence-electron chi connectivity index (χ2n) is 2.67. The van der Waals surface area contributed by atoms with E-state index in [-0.39, 0.29) is 11.4 Å². The Labute approximate surface area is 86.0 Å². The molecule has 15 heavy (non-hydrogen) atoms. The molecule has 1 aromatic rings. The zero-order valence-corrected chi connectivity index (χ0v) is 8.10. The van der Waals surface area contributed by atoms with Crippen molar-refractivity contribution in [2.75, 3.05) is 6.54 Å². The average molecular weight is 210 g/mol. The van der Waals surface area contributed by atoms with Crippen LogP contribution in [-0.2, 0) is 0 Å². The lowest BCUT2D eigenvalue weighted by atomic mass is 10.3. The van der Waals surface area contributed by atoms with Gasteiger partial charge in [-0.15, -0.1) is 0 Å². The molecule has 1 aromatic carbocycles. The molecule has 0 fully saturated rings. The van der Waals surface area contributed by atoms with E-state index in [0.717, 1.165) is 0 Å². The fourth-order valence-electron chi connectivity index (χ4n) is 0.948. The van der Waals surface area contributed by atoms with E-state index in [2.05, 4.69) is 5.32 Å². The number of nitro groups is 1. The summed E-state index contributed by atoms with van der Waals surface area (Å²) in [7, 11) is 0. The van der Waals surface area contributed by atoms with Gasteiger partial charge in [-0.2, -0.15) is 0 Å². The molecule has 0 aromatic heterocycles. The molecule has 0 spiro atoms. The van der Waals surface area contributed by atoms with Gasteiger partial charge in [0.15, 0.2) is 0 Å². The second-order valence-corrected chi connectivity index (χ2v) is 2.67. The predicted molar refractivity (Wildman–Crippen MR) is 52.8 cm³/mol. The molecule has 6 heteroatoms. The summed E-state index contributed by atoms with van der Waals surface area (Å²) in [5.74, 6) is 0.148. The lowest BCUT2D eigenvalue weighted by molar-refractivity contribution is -0.384. The minimum absolute atomic E-state index is 0.114. The molecule has 1 amide bonds. The van der Waals surface area contributed by atoms with Crippen molar-refractivity contribution in [1.29, 1.82) is 0 Å². The van der Waals surface area contributed by atoms with E-state index in [0.29, 0.717) is 6.54 Å². The Morgan fingerprint density at radius 3 is 2.93 bits per heavy atom. The fraction of sp³-hybridized carbons (Fsp3) is 0.222. The Hall–Kier alpha value is -2.11. The molecule has 1 N–H and O–H groups in total. The molecule has 0 unspecified atom stereocenters. The van der Waals surface area contributed by atoms with Gasteiger partial charge in [0.1, 0.15) is 5.75 Å². The van der Waals surface area contributed by atoms with Crippen LogP contribution in [0.5, 0.6) is 5.75 Å².